The van der Waals surface area contributed by atoms with E-state index in [1.165, 1.54) is 0 Å². The molecule has 0 aliphatic heterocycles. The van der Waals surface area contributed by atoms with E-state index in [9.17, 15) is 0 Å². The summed E-state index contributed by atoms with van der Waals surface area (Å²) in [6, 6.07) is 0. The average molecular weight is 214 g/mol. The zero-order valence-corrected chi connectivity index (χ0v) is 9.17. The molecule has 14 heavy (non-hydrogen) atoms. The van der Waals surface area contributed by atoms with Crippen LogP contribution in [0.25, 0.3) is 5.53 Å². The van der Waals surface area contributed by atoms with E-state index in [1.54, 1.807) is 13.2 Å². The Morgan fingerprint density at radius 3 is 2.64 bits per heavy atom. The highest BCUT2D eigenvalue weighted by molar-refractivity contribution is 6.43. The van der Waals surface area contributed by atoms with Crippen LogP contribution in [0, 0.1) is 0 Å². The number of likely N-dealkylation sites (N-methyl/N-ethyl adjacent to an activating group) is 1. The number of hydrogen-bond acceptors (Lipinski definition) is 2. The van der Waals surface area contributed by atoms with E-state index in [2.05, 4.69) is 4.79 Å². The standard InChI is InChI=1S/C9H12ClN3O/c1-13(2)8-4-6(10)7(12-11)5-9(8)14-3/h4H,5H2,1-3H3. The van der Waals surface area contributed by atoms with Crippen LogP contribution < -0.4 is 0 Å². The van der Waals surface area contributed by atoms with Crippen LogP contribution in [0.3, 0.4) is 0 Å². The number of rotatable bonds is 2. The maximum absolute atomic E-state index is 8.67. The molecule has 0 aromatic carbocycles. The van der Waals surface area contributed by atoms with E-state index in [4.69, 9.17) is 21.9 Å². The average Bonchev–Trinajstić information content (AvgIpc) is 2.17. The van der Waals surface area contributed by atoms with E-state index in [-0.39, 0.29) is 0 Å². The molecule has 0 saturated carbocycles. The van der Waals surface area contributed by atoms with Crippen LogP contribution >= 0.6 is 11.6 Å². The first-order valence-electron chi connectivity index (χ1n) is 4.13. The summed E-state index contributed by atoms with van der Waals surface area (Å²) in [6.45, 7) is 0. The molecule has 4 nitrogen and oxygen atoms in total. The molecule has 0 atom stereocenters. The third kappa shape index (κ3) is 1.97. The SMILES string of the molecule is COC1=C(N(C)C)C=C(Cl)C(=[N+]=[N-])C1. The van der Waals surface area contributed by atoms with Crippen molar-refractivity contribution in [1.29, 1.82) is 0 Å². The lowest BCUT2D eigenvalue weighted by Crippen LogP contribution is -2.19. The van der Waals surface area contributed by atoms with E-state index in [0.29, 0.717) is 17.2 Å². The van der Waals surface area contributed by atoms with E-state index < -0.39 is 0 Å². The van der Waals surface area contributed by atoms with E-state index in [0.717, 1.165) is 11.5 Å². The summed E-state index contributed by atoms with van der Waals surface area (Å²) in [7, 11) is 5.38. The number of halogens is 1. The van der Waals surface area contributed by atoms with Gasteiger partial charge < -0.3 is 15.2 Å². The summed E-state index contributed by atoms with van der Waals surface area (Å²) < 4.78 is 5.19. The van der Waals surface area contributed by atoms with Gasteiger partial charge >= 0.3 is 5.71 Å². The molecule has 0 radical (unpaired) electrons. The van der Waals surface area contributed by atoms with Crippen LogP contribution in [0.2, 0.25) is 0 Å². The lowest BCUT2D eigenvalue weighted by atomic mass is 10.1. The number of methoxy groups -OCH3 is 1. The molecule has 0 saturated heterocycles. The fourth-order valence-electron chi connectivity index (χ4n) is 1.25. The van der Waals surface area contributed by atoms with Crippen LogP contribution in [0.15, 0.2) is 22.6 Å². The first-order chi connectivity index (χ1) is 6.60. The normalized spacial score (nSPS) is 16.3. The van der Waals surface area contributed by atoms with Crippen molar-refractivity contribution in [2.45, 2.75) is 6.42 Å². The number of allylic oxidation sites excluding steroid dienone is 3. The van der Waals surface area contributed by atoms with Crippen LogP contribution in [0.5, 0.6) is 0 Å². The Labute approximate surface area is 88.0 Å². The van der Waals surface area contributed by atoms with Crippen LogP contribution in [-0.4, -0.2) is 36.6 Å². The highest BCUT2D eigenvalue weighted by Crippen LogP contribution is 2.24. The van der Waals surface area contributed by atoms with Crippen molar-refractivity contribution in [3.05, 3.63) is 28.1 Å². The highest BCUT2D eigenvalue weighted by atomic mass is 35.5. The Balaban J connectivity index is 3.15. The molecule has 1 aliphatic rings. The highest BCUT2D eigenvalue weighted by Gasteiger charge is 2.25. The number of ether oxygens (including phenoxy) is 1. The van der Waals surface area contributed by atoms with Gasteiger partial charge in [-0.15, -0.1) is 0 Å². The molecule has 0 N–H and O–H groups in total. The van der Waals surface area contributed by atoms with Crippen LogP contribution in [0.4, 0.5) is 0 Å². The van der Waals surface area contributed by atoms with Crippen molar-refractivity contribution >= 4 is 17.3 Å². The minimum Gasteiger partial charge on any atom is -0.498 e. The molecule has 76 valence electrons. The second-order valence-corrected chi connectivity index (χ2v) is 3.53. The van der Waals surface area contributed by atoms with Gasteiger partial charge in [0.2, 0.25) is 0 Å². The fourth-order valence-corrected chi connectivity index (χ4v) is 1.46. The summed E-state index contributed by atoms with van der Waals surface area (Å²) in [5, 5.41) is 0.442. The summed E-state index contributed by atoms with van der Waals surface area (Å²) in [4.78, 5) is 5.00. The topological polar surface area (TPSA) is 48.9 Å². The van der Waals surface area contributed by atoms with Crippen molar-refractivity contribution in [2.24, 2.45) is 0 Å². The molecular formula is C9H12ClN3O. The second kappa shape index (κ2) is 4.31. The fraction of sp³-hybridized carbons (Fsp3) is 0.444. The molecule has 0 bridgehead atoms. The third-order valence-electron chi connectivity index (χ3n) is 2.00. The van der Waals surface area contributed by atoms with Gasteiger partial charge in [-0.2, -0.15) is 4.79 Å². The Hall–Kier alpha value is -1.25. The molecule has 0 aromatic heterocycles. The molecule has 0 spiro atoms. The number of hydrogen-bond donors (Lipinski definition) is 0. The zero-order valence-electron chi connectivity index (χ0n) is 8.41. The quantitative estimate of drug-likeness (QED) is 0.517. The second-order valence-electron chi connectivity index (χ2n) is 3.12. The lowest BCUT2D eigenvalue weighted by Gasteiger charge is -2.20. The van der Waals surface area contributed by atoms with Crippen LogP contribution in [-0.2, 0) is 4.74 Å². The van der Waals surface area contributed by atoms with Gasteiger partial charge in [0.15, 0.2) is 0 Å². The van der Waals surface area contributed by atoms with Crippen molar-refractivity contribution < 1.29 is 9.53 Å². The molecule has 0 amide bonds. The Kier molecular flexibility index (Phi) is 3.33. The number of nitrogens with zero attached hydrogens (tertiary/aromatic N) is 3. The van der Waals surface area contributed by atoms with Gasteiger partial charge in [0.05, 0.1) is 12.8 Å². The van der Waals surface area contributed by atoms with E-state index >= 15 is 0 Å². The van der Waals surface area contributed by atoms with Crippen molar-refractivity contribution in [3.8, 4) is 0 Å². The van der Waals surface area contributed by atoms with Gasteiger partial charge in [0.1, 0.15) is 17.2 Å². The first kappa shape index (κ1) is 10.8. The lowest BCUT2D eigenvalue weighted by molar-refractivity contribution is -0.00721. The zero-order chi connectivity index (χ0) is 10.7. The smallest absolute Gasteiger partial charge is 0.318 e. The van der Waals surface area contributed by atoms with Gasteiger partial charge in [0.25, 0.3) is 0 Å². The summed E-state index contributed by atoms with van der Waals surface area (Å²) >= 11 is 5.90. The molecule has 1 rings (SSSR count). The van der Waals surface area contributed by atoms with Crippen molar-refractivity contribution in [2.75, 3.05) is 21.2 Å². The molecular weight excluding hydrogens is 202 g/mol. The largest absolute Gasteiger partial charge is 0.498 e. The van der Waals surface area contributed by atoms with Gasteiger partial charge in [-0.05, 0) is 6.08 Å². The Morgan fingerprint density at radius 1 is 1.57 bits per heavy atom. The maximum atomic E-state index is 8.67. The van der Waals surface area contributed by atoms with Gasteiger partial charge in [-0.3, -0.25) is 0 Å². The summed E-state index contributed by atoms with van der Waals surface area (Å²) in [5.74, 6) is 0.743. The van der Waals surface area contributed by atoms with Gasteiger partial charge in [0, 0.05) is 14.1 Å². The van der Waals surface area contributed by atoms with Crippen molar-refractivity contribution in [3.63, 3.8) is 0 Å². The molecule has 1 aliphatic carbocycles. The first-order valence-corrected chi connectivity index (χ1v) is 4.51. The maximum Gasteiger partial charge on any atom is 0.318 e. The Bertz CT molecular complexity index is 351. The Morgan fingerprint density at radius 2 is 2.21 bits per heavy atom. The predicted molar refractivity (Wildman–Crippen MR) is 54.9 cm³/mol. The van der Waals surface area contributed by atoms with Crippen molar-refractivity contribution in [1.82, 2.24) is 4.90 Å². The minimum absolute atomic E-state index is 0.413. The molecule has 5 heteroatoms. The monoisotopic (exact) mass is 213 g/mol. The summed E-state index contributed by atoms with van der Waals surface area (Å²) in [5.41, 5.74) is 9.99. The molecule has 0 aromatic rings. The van der Waals surface area contributed by atoms with Gasteiger partial charge in [-0.25, -0.2) is 0 Å². The van der Waals surface area contributed by atoms with Gasteiger partial charge in [-0.1, -0.05) is 11.6 Å². The third-order valence-corrected chi connectivity index (χ3v) is 2.33. The molecule has 0 unspecified atom stereocenters. The molecule has 0 fully saturated rings. The van der Waals surface area contributed by atoms with E-state index in [1.807, 2.05) is 19.0 Å². The van der Waals surface area contributed by atoms with Crippen LogP contribution in [0.1, 0.15) is 6.42 Å². The minimum atomic E-state index is 0.413. The summed E-state index contributed by atoms with van der Waals surface area (Å²) in [6.07, 6.45) is 2.13. The molecule has 0 heterocycles. The predicted octanol–water partition coefficient (Wildman–Crippen LogP) is 1.60.